The third kappa shape index (κ3) is 3.78. The molecule has 2 aromatic rings. The van der Waals surface area contributed by atoms with Gasteiger partial charge in [-0.2, -0.15) is 0 Å². The van der Waals surface area contributed by atoms with E-state index >= 15 is 0 Å². The largest absolute Gasteiger partial charge is 0.493 e. The Kier molecular flexibility index (Phi) is 5.39. The van der Waals surface area contributed by atoms with Gasteiger partial charge in [-0.1, -0.05) is 11.6 Å². The Balaban J connectivity index is 1.39. The molecule has 0 bridgehead atoms. The van der Waals surface area contributed by atoms with Gasteiger partial charge in [-0.05, 0) is 80.3 Å². The van der Waals surface area contributed by atoms with E-state index in [9.17, 15) is 9.90 Å². The van der Waals surface area contributed by atoms with E-state index in [1.165, 1.54) is 6.07 Å². The molecule has 5 atom stereocenters. The SMILES string of the molecule is Cc1cc(OC[C@@H]2[C@H]3CC[C@H](c4ccc(C(=O)O)o4)C[C@H]3C[C@@H]2O)ccc1Cl. The topological polar surface area (TPSA) is 79.9 Å². The van der Waals surface area contributed by atoms with Crippen molar-refractivity contribution in [3.63, 3.8) is 0 Å². The van der Waals surface area contributed by atoms with Crippen molar-refractivity contribution in [1.29, 1.82) is 0 Å². The van der Waals surface area contributed by atoms with E-state index in [0.29, 0.717) is 18.4 Å². The molecule has 0 amide bonds. The average Bonchev–Trinajstić information content (AvgIpc) is 3.27. The van der Waals surface area contributed by atoms with Crippen LogP contribution < -0.4 is 4.74 Å². The van der Waals surface area contributed by atoms with Crippen LogP contribution in [-0.2, 0) is 0 Å². The van der Waals surface area contributed by atoms with Crippen molar-refractivity contribution in [3.05, 3.63) is 52.4 Å². The summed E-state index contributed by atoms with van der Waals surface area (Å²) < 4.78 is 11.5. The molecule has 2 fully saturated rings. The van der Waals surface area contributed by atoms with E-state index in [0.717, 1.165) is 47.8 Å². The van der Waals surface area contributed by atoms with E-state index in [2.05, 4.69) is 0 Å². The number of hydrogen-bond donors (Lipinski definition) is 2. The second-order valence-corrected chi connectivity index (χ2v) is 8.54. The van der Waals surface area contributed by atoms with E-state index in [4.69, 9.17) is 25.9 Å². The third-order valence-electron chi connectivity index (χ3n) is 6.44. The van der Waals surface area contributed by atoms with Crippen molar-refractivity contribution in [2.24, 2.45) is 17.8 Å². The minimum Gasteiger partial charge on any atom is -0.493 e. The van der Waals surface area contributed by atoms with Gasteiger partial charge < -0.3 is 19.4 Å². The highest BCUT2D eigenvalue weighted by molar-refractivity contribution is 6.31. The van der Waals surface area contributed by atoms with Crippen LogP contribution in [0.3, 0.4) is 0 Å². The molecule has 1 aromatic heterocycles. The number of aryl methyl sites for hydroxylation is 1. The number of carbonyl (C=O) groups is 1. The monoisotopic (exact) mass is 404 g/mol. The van der Waals surface area contributed by atoms with Crippen LogP contribution in [-0.4, -0.2) is 28.9 Å². The number of rotatable bonds is 5. The van der Waals surface area contributed by atoms with Gasteiger partial charge in [0.15, 0.2) is 0 Å². The molecule has 5 nitrogen and oxygen atoms in total. The molecule has 0 unspecified atom stereocenters. The summed E-state index contributed by atoms with van der Waals surface area (Å²) in [4.78, 5) is 11.0. The first-order chi connectivity index (χ1) is 13.4. The van der Waals surface area contributed by atoms with Gasteiger partial charge in [-0.15, -0.1) is 0 Å². The number of furan rings is 1. The second-order valence-electron chi connectivity index (χ2n) is 8.13. The summed E-state index contributed by atoms with van der Waals surface area (Å²) in [5, 5.41) is 20.4. The maximum absolute atomic E-state index is 11.0. The second kappa shape index (κ2) is 7.80. The molecule has 2 N–H and O–H groups in total. The van der Waals surface area contributed by atoms with E-state index < -0.39 is 5.97 Å². The number of carboxylic acid groups (broad SMARTS) is 1. The molecule has 1 aromatic carbocycles. The van der Waals surface area contributed by atoms with Crippen molar-refractivity contribution in [2.45, 2.75) is 44.6 Å². The number of aromatic carboxylic acids is 1. The molecule has 2 aliphatic rings. The zero-order valence-corrected chi connectivity index (χ0v) is 16.6. The summed E-state index contributed by atoms with van der Waals surface area (Å²) in [5.74, 6) is 1.66. The van der Waals surface area contributed by atoms with Crippen LogP contribution in [0.2, 0.25) is 5.02 Å². The molecule has 0 aliphatic heterocycles. The summed E-state index contributed by atoms with van der Waals surface area (Å²) in [7, 11) is 0. The first kappa shape index (κ1) is 19.3. The van der Waals surface area contributed by atoms with Crippen molar-refractivity contribution in [1.82, 2.24) is 0 Å². The summed E-state index contributed by atoms with van der Waals surface area (Å²) in [5.41, 5.74) is 0.976. The lowest BCUT2D eigenvalue weighted by atomic mass is 9.73. The molecule has 6 heteroatoms. The first-order valence-electron chi connectivity index (χ1n) is 9.82. The van der Waals surface area contributed by atoms with Gasteiger partial charge in [0.05, 0.1) is 12.7 Å². The smallest absolute Gasteiger partial charge is 0.371 e. The zero-order valence-electron chi connectivity index (χ0n) is 15.8. The molecule has 0 saturated heterocycles. The van der Waals surface area contributed by atoms with Gasteiger partial charge in [0.25, 0.3) is 0 Å². The minimum absolute atomic E-state index is 0.00638. The van der Waals surface area contributed by atoms with Crippen LogP contribution in [0.4, 0.5) is 0 Å². The fourth-order valence-corrected chi connectivity index (χ4v) is 5.09. The number of benzene rings is 1. The lowest BCUT2D eigenvalue weighted by molar-refractivity contribution is 0.0653. The molecule has 28 heavy (non-hydrogen) atoms. The van der Waals surface area contributed by atoms with Crippen LogP contribution in [0, 0.1) is 24.7 Å². The molecule has 2 aliphatic carbocycles. The Bertz CT molecular complexity index is 860. The van der Waals surface area contributed by atoms with Gasteiger partial charge >= 0.3 is 5.97 Å². The molecule has 0 spiro atoms. The minimum atomic E-state index is -1.04. The van der Waals surface area contributed by atoms with Gasteiger partial charge in [-0.25, -0.2) is 4.79 Å². The van der Waals surface area contributed by atoms with Crippen molar-refractivity contribution >= 4 is 17.6 Å². The Hall–Kier alpha value is -1.98. The lowest BCUT2D eigenvalue weighted by Crippen LogP contribution is -2.29. The van der Waals surface area contributed by atoms with Gasteiger partial charge in [-0.3, -0.25) is 0 Å². The van der Waals surface area contributed by atoms with Gasteiger partial charge in [0.2, 0.25) is 5.76 Å². The highest BCUT2D eigenvalue weighted by Crippen LogP contribution is 2.50. The zero-order chi connectivity index (χ0) is 19.8. The number of aliphatic hydroxyl groups is 1. The lowest BCUT2D eigenvalue weighted by Gasteiger charge is -2.33. The van der Waals surface area contributed by atoms with E-state index in [-0.39, 0.29) is 23.7 Å². The molecule has 150 valence electrons. The average molecular weight is 405 g/mol. The van der Waals surface area contributed by atoms with Crippen LogP contribution in [0.1, 0.15) is 53.5 Å². The fourth-order valence-electron chi connectivity index (χ4n) is 4.97. The molecular formula is C22H25ClO5. The van der Waals surface area contributed by atoms with E-state index in [1.807, 2.05) is 25.1 Å². The van der Waals surface area contributed by atoms with Crippen LogP contribution in [0.25, 0.3) is 0 Å². The number of fused-ring (bicyclic) bond motifs is 1. The Morgan fingerprint density at radius 1 is 1.25 bits per heavy atom. The highest BCUT2D eigenvalue weighted by atomic mass is 35.5. The quantitative estimate of drug-likeness (QED) is 0.740. The summed E-state index contributed by atoms with van der Waals surface area (Å²) >= 11 is 6.07. The molecule has 1 heterocycles. The maximum atomic E-state index is 11.0. The molecule has 4 rings (SSSR count). The van der Waals surface area contributed by atoms with Gasteiger partial charge in [0, 0.05) is 16.9 Å². The Labute approximate surface area is 169 Å². The standard InChI is InChI=1S/C22H25ClO5/c1-12-8-15(3-5-18(12)23)27-11-17-16-4-2-13(9-14(16)10-19(17)24)20-6-7-21(28-20)22(25)26/h3,5-8,13-14,16-17,19,24H,2,4,9-11H2,1H3,(H,25,26)/t13-,14-,16-,17+,19-/m0/s1. The molecular weight excluding hydrogens is 380 g/mol. The van der Waals surface area contributed by atoms with Crippen LogP contribution in [0.15, 0.2) is 34.7 Å². The van der Waals surface area contributed by atoms with E-state index in [1.54, 1.807) is 6.07 Å². The van der Waals surface area contributed by atoms with Crippen molar-refractivity contribution in [2.75, 3.05) is 6.61 Å². The summed E-state index contributed by atoms with van der Waals surface area (Å²) in [6, 6.07) is 8.93. The van der Waals surface area contributed by atoms with Crippen molar-refractivity contribution in [3.8, 4) is 5.75 Å². The predicted molar refractivity (Wildman–Crippen MR) is 105 cm³/mol. The first-order valence-corrected chi connectivity index (χ1v) is 10.2. The van der Waals surface area contributed by atoms with Crippen molar-refractivity contribution < 1.29 is 24.2 Å². The molecule has 0 radical (unpaired) electrons. The number of aliphatic hydroxyl groups excluding tert-OH is 1. The summed E-state index contributed by atoms with van der Waals surface area (Å²) in [6.45, 7) is 2.44. The number of halogens is 1. The predicted octanol–water partition coefficient (Wildman–Crippen LogP) is 4.90. The fraction of sp³-hybridized carbons (Fsp3) is 0.500. The number of hydrogen-bond acceptors (Lipinski definition) is 4. The Morgan fingerprint density at radius 2 is 2.07 bits per heavy atom. The number of carboxylic acids is 1. The third-order valence-corrected chi connectivity index (χ3v) is 6.87. The number of ether oxygens (including phenoxy) is 1. The van der Waals surface area contributed by atoms with Crippen LogP contribution >= 0.6 is 11.6 Å². The normalized spacial score (nSPS) is 29.5. The molecule has 2 saturated carbocycles. The highest BCUT2D eigenvalue weighted by Gasteiger charge is 2.46. The van der Waals surface area contributed by atoms with Crippen LogP contribution in [0.5, 0.6) is 5.75 Å². The summed E-state index contributed by atoms with van der Waals surface area (Å²) in [6.07, 6.45) is 3.25. The Morgan fingerprint density at radius 3 is 2.79 bits per heavy atom. The maximum Gasteiger partial charge on any atom is 0.371 e. The van der Waals surface area contributed by atoms with Gasteiger partial charge in [0.1, 0.15) is 11.5 Å².